The van der Waals surface area contributed by atoms with Crippen LogP contribution >= 0.6 is 11.6 Å². The van der Waals surface area contributed by atoms with Crippen LogP contribution in [0.2, 0.25) is 5.02 Å². The number of esters is 1. The molecule has 0 radical (unpaired) electrons. The minimum atomic E-state index is -0.765. The lowest BCUT2D eigenvalue weighted by Crippen LogP contribution is -2.26. The van der Waals surface area contributed by atoms with Crippen LogP contribution in [0, 0.1) is 11.2 Å². The summed E-state index contributed by atoms with van der Waals surface area (Å²) in [5, 5.41) is 2.85. The van der Waals surface area contributed by atoms with Crippen molar-refractivity contribution < 1.29 is 23.5 Å². The van der Waals surface area contributed by atoms with E-state index in [0.29, 0.717) is 5.02 Å². The van der Waals surface area contributed by atoms with Gasteiger partial charge in [0.2, 0.25) is 0 Å². The quantitative estimate of drug-likeness (QED) is 0.761. The van der Waals surface area contributed by atoms with Gasteiger partial charge in [-0.2, -0.15) is 0 Å². The summed E-state index contributed by atoms with van der Waals surface area (Å²) in [5.74, 6) is -2.01. The van der Waals surface area contributed by atoms with Crippen molar-refractivity contribution in [3.63, 3.8) is 0 Å². The molecule has 27 heavy (non-hydrogen) atoms. The van der Waals surface area contributed by atoms with Crippen molar-refractivity contribution in [2.45, 2.75) is 20.8 Å². The zero-order valence-corrected chi connectivity index (χ0v) is 15.9. The van der Waals surface area contributed by atoms with Crippen molar-refractivity contribution in [1.82, 2.24) is 0 Å². The maximum absolute atomic E-state index is 13.0. The molecule has 1 amide bonds. The van der Waals surface area contributed by atoms with Crippen LogP contribution in [0.4, 0.5) is 10.1 Å². The number of amides is 1. The normalized spacial score (nSPS) is 11.0. The Balaban J connectivity index is 2.18. The molecule has 0 fully saturated rings. The van der Waals surface area contributed by atoms with Gasteiger partial charge in [-0.1, -0.05) is 32.4 Å². The molecule has 2 aromatic rings. The molecule has 0 bridgehead atoms. The van der Waals surface area contributed by atoms with E-state index in [1.165, 1.54) is 30.3 Å². The fraction of sp³-hybridized carbons (Fsp3) is 0.250. The minimum absolute atomic E-state index is 0.0524. The molecular weight excluding hydrogens is 373 g/mol. The van der Waals surface area contributed by atoms with Gasteiger partial charge in [0, 0.05) is 16.0 Å². The molecule has 7 heteroatoms. The first kappa shape index (κ1) is 20.6. The first-order valence-corrected chi connectivity index (χ1v) is 8.52. The molecule has 0 aliphatic carbocycles. The lowest BCUT2D eigenvalue weighted by atomic mass is 9.91. The summed E-state index contributed by atoms with van der Waals surface area (Å²) >= 11 is 5.95. The van der Waals surface area contributed by atoms with Crippen LogP contribution in [0.5, 0.6) is 0 Å². The summed E-state index contributed by atoms with van der Waals surface area (Å²) in [7, 11) is 0. The second-order valence-electron chi connectivity index (χ2n) is 6.90. The average Bonchev–Trinajstić information content (AvgIpc) is 2.59. The maximum atomic E-state index is 13.0. The van der Waals surface area contributed by atoms with Gasteiger partial charge < -0.3 is 10.1 Å². The van der Waals surface area contributed by atoms with E-state index in [1.54, 1.807) is 20.8 Å². The molecule has 2 rings (SSSR count). The molecule has 142 valence electrons. The van der Waals surface area contributed by atoms with Gasteiger partial charge in [-0.05, 0) is 42.5 Å². The monoisotopic (exact) mass is 391 g/mol. The maximum Gasteiger partial charge on any atom is 0.340 e. The highest BCUT2D eigenvalue weighted by Gasteiger charge is 2.24. The van der Waals surface area contributed by atoms with Crippen molar-refractivity contribution >= 4 is 34.9 Å². The van der Waals surface area contributed by atoms with E-state index in [9.17, 15) is 18.8 Å². The Morgan fingerprint density at radius 2 is 1.70 bits per heavy atom. The summed E-state index contributed by atoms with van der Waals surface area (Å²) in [6.45, 7) is 4.79. The van der Waals surface area contributed by atoms with E-state index in [1.807, 2.05) is 0 Å². The van der Waals surface area contributed by atoms with Gasteiger partial charge in [0.05, 0.1) is 11.3 Å². The Hall–Kier alpha value is -2.73. The first-order valence-electron chi connectivity index (χ1n) is 8.15. The Morgan fingerprint density at radius 3 is 2.30 bits per heavy atom. The van der Waals surface area contributed by atoms with E-state index in [2.05, 4.69) is 5.32 Å². The van der Waals surface area contributed by atoms with Crippen molar-refractivity contribution in [3.8, 4) is 0 Å². The van der Waals surface area contributed by atoms with Gasteiger partial charge in [-0.15, -0.1) is 0 Å². The number of nitrogens with one attached hydrogen (secondary N) is 1. The number of carbonyl (C=O) groups is 3. The Bertz CT molecular complexity index is 873. The van der Waals surface area contributed by atoms with E-state index < -0.39 is 23.1 Å². The average molecular weight is 392 g/mol. The van der Waals surface area contributed by atoms with Crippen LogP contribution < -0.4 is 5.32 Å². The molecule has 0 heterocycles. The lowest BCUT2D eigenvalue weighted by Gasteiger charge is -2.17. The lowest BCUT2D eigenvalue weighted by molar-refractivity contribution is -0.129. The van der Waals surface area contributed by atoms with Crippen molar-refractivity contribution in [2.75, 3.05) is 11.9 Å². The first-order chi connectivity index (χ1) is 12.6. The molecule has 0 atom stereocenters. The molecule has 0 aliphatic rings. The van der Waals surface area contributed by atoms with Crippen LogP contribution in [0.1, 0.15) is 41.5 Å². The highest BCUT2D eigenvalue weighted by atomic mass is 35.5. The molecule has 0 saturated heterocycles. The van der Waals surface area contributed by atoms with Gasteiger partial charge in [0.25, 0.3) is 5.91 Å². The second-order valence-corrected chi connectivity index (χ2v) is 7.34. The summed E-state index contributed by atoms with van der Waals surface area (Å²) < 4.78 is 18.1. The van der Waals surface area contributed by atoms with Gasteiger partial charge in [0.15, 0.2) is 12.4 Å². The highest BCUT2D eigenvalue weighted by molar-refractivity contribution is 6.31. The van der Waals surface area contributed by atoms with E-state index in [0.717, 1.165) is 12.1 Å². The Kier molecular flexibility index (Phi) is 6.33. The molecule has 0 spiro atoms. The number of ketones is 1. The predicted octanol–water partition coefficient (Wildman–Crippen LogP) is 4.50. The number of carbonyl (C=O) groups excluding carboxylic acids is 3. The van der Waals surface area contributed by atoms with Crippen LogP contribution in [0.15, 0.2) is 42.5 Å². The van der Waals surface area contributed by atoms with Crippen molar-refractivity contribution in [2.24, 2.45) is 5.41 Å². The summed E-state index contributed by atoms with van der Waals surface area (Å²) in [6.07, 6.45) is 0. The number of hydrogen-bond acceptors (Lipinski definition) is 4. The Labute approximate surface area is 161 Å². The molecule has 0 aromatic heterocycles. The third-order valence-electron chi connectivity index (χ3n) is 3.73. The topological polar surface area (TPSA) is 72.5 Å². The molecular formula is C20H19ClFNO4. The summed E-state index contributed by atoms with van der Waals surface area (Å²) in [6, 6.07) is 9.19. The summed E-state index contributed by atoms with van der Waals surface area (Å²) in [4.78, 5) is 36.6. The smallest absolute Gasteiger partial charge is 0.340 e. The molecule has 1 N–H and O–H groups in total. The predicted molar refractivity (Wildman–Crippen MR) is 101 cm³/mol. The van der Waals surface area contributed by atoms with Gasteiger partial charge in [-0.3, -0.25) is 9.59 Å². The van der Waals surface area contributed by atoms with Crippen LogP contribution in [0.25, 0.3) is 0 Å². The summed E-state index contributed by atoms with van der Waals surface area (Å²) in [5.41, 5.74) is -0.250. The van der Waals surface area contributed by atoms with Gasteiger partial charge in [0.1, 0.15) is 5.82 Å². The number of hydrogen-bond donors (Lipinski definition) is 1. The number of halogens is 2. The van der Waals surface area contributed by atoms with Crippen LogP contribution in [0.3, 0.4) is 0 Å². The molecule has 5 nitrogen and oxygen atoms in total. The van der Waals surface area contributed by atoms with Crippen molar-refractivity contribution in [1.29, 1.82) is 0 Å². The fourth-order valence-electron chi connectivity index (χ4n) is 2.02. The van der Waals surface area contributed by atoms with Gasteiger partial charge in [-0.25, -0.2) is 9.18 Å². The zero-order valence-electron chi connectivity index (χ0n) is 15.1. The minimum Gasteiger partial charge on any atom is -0.454 e. The van der Waals surface area contributed by atoms with Gasteiger partial charge >= 0.3 is 5.97 Å². The van der Waals surface area contributed by atoms with Crippen LogP contribution in [-0.4, -0.2) is 24.3 Å². The SMILES string of the molecule is CC(C)(C)C(=O)COC(=O)c1ccc(Cl)cc1NC(=O)c1ccc(F)cc1. The van der Waals surface area contributed by atoms with E-state index >= 15 is 0 Å². The van der Waals surface area contributed by atoms with Crippen molar-refractivity contribution in [3.05, 3.63) is 64.4 Å². The van der Waals surface area contributed by atoms with E-state index in [4.69, 9.17) is 16.3 Å². The molecule has 0 saturated carbocycles. The fourth-order valence-corrected chi connectivity index (χ4v) is 2.19. The Morgan fingerprint density at radius 1 is 1.07 bits per heavy atom. The number of ether oxygens (including phenoxy) is 1. The van der Waals surface area contributed by atoms with E-state index in [-0.39, 0.29) is 29.2 Å². The third kappa shape index (κ3) is 5.62. The largest absolute Gasteiger partial charge is 0.454 e. The number of Topliss-reactive ketones (excluding diaryl/α,β-unsaturated/α-hetero) is 1. The molecule has 0 aliphatic heterocycles. The molecule has 0 unspecified atom stereocenters. The third-order valence-corrected chi connectivity index (χ3v) is 3.96. The second kappa shape index (κ2) is 8.31. The van der Waals surface area contributed by atoms with Crippen LogP contribution in [-0.2, 0) is 9.53 Å². The standard InChI is InChI=1S/C20H19ClFNO4/c1-20(2,3)17(24)11-27-19(26)15-9-6-13(21)10-16(15)23-18(25)12-4-7-14(22)8-5-12/h4-10H,11H2,1-3H3,(H,23,25). The number of anilines is 1. The highest BCUT2D eigenvalue weighted by Crippen LogP contribution is 2.23. The zero-order chi connectivity index (χ0) is 20.2. The number of rotatable bonds is 5. The molecule has 2 aromatic carbocycles. The number of benzene rings is 2.